The molecule has 204 valence electrons. The molecule has 0 saturated heterocycles. The Labute approximate surface area is 225 Å². The average molecular weight is 544 g/mol. The molecule has 0 fully saturated rings. The summed E-state index contributed by atoms with van der Waals surface area (Å²) in [6.07, 6.45) is 1.96. The normalized spacial score (nSPS) is 15.3. The van der Waals surface area contributed by atoms with E-state index in [0.717, 1.165) is 46.8 Å². The van der Waals surface area contributed by atoms with Crippen LogP contribution in [0.15, 0.2) is 33.9 Å². The fourth-order valence-electron chi connectivity index (χ4n) is 4.33. The molecular formula is C26H33N5O6S. The Balaban J connectivity index is 1.28. The van der Waals surface area contributed by atoms with Crippen molar-refractivity contribution in [3.05, 3.63) is 41.4 Å². The van der Waals surface area contributed by atoms with Gasteiger partial charge in [-0.05, 0) is 45.2 Å². The molecule has 0 spiro atoms. The van der Waals surface area contributed by atoms with Gasteiger partial charge in [-0.15, -0.1) is 10.2 Å². The molecule has 2 aromatic heterocycles. The number of nitrogens with one attached hydrogen (secondary N) is 2. The van der Waals surface area contributed by atoms with Crippen molar-refractivity contribution in [2.45, 2.75) is 69.9 Å². The van der Waals surface area contributed by atoms with Crippen LogP contribution in [0.1, 0.15) is 50.8 Å². The third-order valence-electron chi connectivity index (χ3n) is 6.05. The topological polar surface area (TPSA) is 140 Å². The van der Waals surface area contributed by atoms with E-state index in [4.69, 9.17) is 13.9 Å². The number of hydrogen-bond donors (Lipinski definition) is 2. The number of carbonyl (C=O) groups is 3. The van der Waals surface area contributed by atoms with Crippen molar-refractivity contribution in [3.8, 4) is 0 Å². The van der Waals surface area contributed by atoms with E-state index in [1.807, 2.05) is 45.0 Å². The Morgan fingerprint density at radius 1 is 1.21 bits per heavy atom. The van der Waals surface area contributed by atoms with E-state index in [1.54, 1.807) is 4.90 Å². The second kappa shape index (κ2) is 11.9. The molecule has 0 bridgehead atoms. The Bertz CT molecular complexity index is 1300. The number of aryl methyl sites for hydroxylation is 1. The minimum Gasteiger partial charge on any atom is -0.467 e. The smallest absolute Gasteiger partial charge is 0.407 e. The quantitative estimate of drug-likeness (QED) is 0.235. The van der Waals surface area contributed by atoms with Gasteiger partial charge in [-0.3, -0.25) is 4.79 Å². The Morgan fingerprint density at radius 2 is 2.00 bits per heavy atom. The summed E-state index contributed by atoms with van der Waals surface area (Å²) in [6.45, 7) is 6.21. The van der Waals surface area contributed by atoms with Crippen molar-refractivity contribution in [2.24, 2.45) is 0 Å². The molecule has 0 radical (unpaired) electrons. The maximum absolute atomic E-state index is 13.2. The molecule has 3 aromatic rings. The summed E-state index contributed by atoms with van der Waals surface area (Å²) in [6, 6.07) is 7.19. The third kappa shape index (κ3) is 6.85. The standard InChI is InChI=1S/C26H33N5O6S/c1-26(2,3)37-24(34)27-12-8-7-11-21-29-30-25(36-21)38-15-22(32)31-14-19-17(13-20(31)23(33)35-4)16-9-5-6-10-18(16)28-19/h5-6,9-10,20,28H,7-8,11-15H2,1-4H3,(H,27,34). The molecule has 1 aromatic carbocycles. The van der Waals surface area contributed by atoms with Gasteiger partial charge in [0.25, 0.3) is 5.22 Å². The number of para-hydroxylation sites is 1. The van der Waals surface area contributed by atoms with E-state index in [0.29, 0.717) is 25.3 Å². The van der Waals surface area contributed by atoms with Crippen LogP contribution in [0.4, 0.5) is 4.79 Å². The van der Waals surface area contributed by atoms with Crippen LogP contribution in [0.2, 0.25) is 0 Å². The number of esters is 1. The Kier molecular flexibility index (Phi) is 8.60. The lowest BCUT2D eigenvalue weighted by Crippen LogP contribution is -2.49. The van der Waals surface area contributed by atoms with Crippen molar-refractivity contribution in [1.82, 2.24) is 25.4 Å². The predicted octanol–water partition coefficient (Wildman–Crippen LogP) is 3.62. The summed E-state index contributed by atoms with van der Waals surface area (Å²) in [5.74, 6) is -0.154. The zero-order valence-corrected chi connectivity index (χ0v) is 22.9. The summed E-state index contributed by atoms with van der Waals surface area (Å²) in [5.41, 5.74) is 2.40. The van der Waals surface area contributed by atoms with E-state index >= 15 is 0 Å². The van der Waals surface area contributed by atoms with E-state index in [9.17, 15) is 14.4 Å². The van der Waals surface area contributed by atoms with Crippen LogP contribution >= 0.6 is 11.8 Å². The fraction of sp³-hybridized carbons (Fsp3) is 0.500. The lowest BCUT2D eigenvalue weighted by molar-refractivity contribution is -0.153. The molecule has 4 rings (SSSR count). The van der Waals surface area contributed by atoms with Crippen molar-refractivity contribution < 1.29 is 28.3 Å². The van der Waals surface area contributed by atoms with Gasteiger partial charge < -0.3 is 29.1 Å². The van der Waals surface area contributed by atoms with Crippen LogP contribution in [0, 0.1) is 0 Å². The number of alkyl carbamates (subject to hydrolysis) is 1. The number of methoxy groups -OCH3 is 1. The highest BCUT2D eigenvalue weighted by Crippen LogP contribution is 2.31. The number of hydrogen-bond acceptors (Lipinski definition) is 9. The molecule has 1 atom stereocenters. The summed E-state index contributed by atoms with van der Waals surface area (Å²) in [5, 5.41) is 12.1. The minimum atomic E-state index is -0.702. The van der Waals surface area contributed by atoms with E-state index in [1.165, 1.54) is 7.11 Å². The van der Waals surface area contributed by atoms with Gasteiger partial charge in [0, 0.05) is 36.0 Å². The molecule has 3 heterocycles. The predicted molar refractivity (Wildman–Crippen MR) is 141 cm³/mol. The van der Waals surface area contributed by atoms with Crippen molar-refractivity contribution >= 4 is 40.6 Å². The highest BCUT2D eigenvalue weighted by molar-refractivity contribution is 7.99. The second-order valence-corrected chi connectivity index (χ2v) is 11.0. The Hall–Kier alpha value is -3.54. The molecule has 11 nitrogen and oxygen atoms in total. The molecule has 38 heavy (non-hydrogen) atoms. The van der Waals surface area contributed by atoms with E-state index in [2.05, 4.69) is 20.5 Å². The number of thioether (sulfide) groups is 1. The Morgan fingerprint density at radius 3 is 2.76 bits per heavy atom. The van der Waals surface area contributed by atoms with Gasteiger partial charge in [0.05, 0.1) is 19.4 Å². The lowest BCUT2D eigenvalue weighted by Gasteiger charge is -2.33. The number of H-pyrrole nitrogens is 1. The fourth-order valence-corrected chi connectivity index (χ4v) is 4.99. The first-order chi connectivity index (χ1) is 18.1. The third-order valence-corrected chi connectivity index (χ3v) is 6.85. The number of aromatic amines is 1. The molecule has 1 unspecified atom stereocenters. The van der Waals surface area contributed by atoms with Crippen LogP contribution in [-0.2, 0) is 38.4 Å². The number of ether oxygens (including phenoxy) is 2. The van der Waals surface area contributed by atoms with E-state index < -0.39 is 23.7 Å². The highest BCUT2D eigenvalue weighted by atomic mass is 32.2. The second-order valence-electron chi connectivity index (χ2n) is 10.0. The van der Waals surface area contributed by atoms with Crippen molar-refractivity contribution in [1.29, 1.82) is 0 Å². The van der Waals surface area contributed by atoms with Gasteiger partial charge in [0.2, 0.25) is 11.8 Å². The summed E-state index contributed by atoms with van der Waals surface area (Å²) in [7, 11) is 1.33. The minimum absolute atomic E-state index is 0.0461. The van der Waals surface area contributed by atoms with Crippen LogP contribution in [0.3, 0.4) is 0 Å². The first-order valence-electron chi connectivity index (χ1n) is 12.5. The van der Waals surface area contributed by atoms with Crippen LogP contribution in [0.25, 0.3) is 10.9 Å². The zero-order chi connectivity index (χ0) is 27.3. The maximum atomic E-state index is 13.2. The van der Waals surface area contributed by atoms with Crippen LogP contribution in [-0.4, -0.2) is 69.1 Å². The number of benzene rings is 1. The monoisotopic (exact) mass is 543 g/mol. The number of rotatable bonds is 9. The van der Waals surface area contributed by atoms with Crippen molar-refractivity contribution in [3.63, 3.8) is 0 Å². The number of aromatic nitrogens is 3. The van der Waals surface area contributed by atoms with E-state index in [-0.39, 0.29) is 23.4 Å². The maximum Gasteiger partial charge on any atom is 0.407 e. The van der Waals surface area contributed by atoms with Gasteiger partial charge in [0.15, 0.2) is 0 Å². The first-order valence-corrected chi connectivity index (χ1v) is 13.5. The molecule has 12 heteroatoms. The number of carbonyl (C=O) groups excluding carboxylic acids is 3. The molecule has 0 saturated carbocycles. The SMILES string of the molecule is COC(=O)C1Cc2c([nH]c3ccccc23)CN1C(=O)CSc1nnc(CCCCNC(=O)OC(C)(C)C)o1. The first kappa shape index (κ1) is 27.5. The van der Waals surface area contributed by atoms with Gasteiger partial charge in [-0.2, -0.15) is 0 Å². The number of unbranched alkanes of at least 4 members (excludes halogenated alkanes) is 1. The molecule has 0 aliphatic carbocycles. The van der Waals surface area contributed by atoms with Crippen LogP contribution in [0.5, 0.6) is 0 Å². The summed E-state index contributed by atoms with van der Waals surface area (Å²) in [4.78, 5) is 42.3. The average Bonchev–Trinajstić information content (AvgIpc) is 3.48. The van der Waals surface area contributed by atoms with Gasteiger partial charge >= 0.3 is 12.1 Å². The molecular weight excluding hydrogens is 510 g/mol. The highest BCUT2D eigenvalue weighted by Gasteiger charge is 2.37. The molecule has 1 aliphatic heterocycles. The van der Waals surface area contributed by atoms with Crippen LogP contribution < -0.4 is 5.32 Å². The lowest BCUT2D eigenvalue weighted by atomic mass is 9.96. The molecule has 2 amide bonds. The largest absolute Gasteiger partial charge is 0.467 e. The summed E-state index contributed by atoms with van der Waals surface area (Å²) < 4.78 is 15.9. The number of fused-ring (bicyclic) bond motifs is 3. The number of amides is 2. The van der Waals surface area contributed by atoms with Crippen molar-refractivity contribution in [2.75, 3.05) is 19.4 Å². The summed E-state index contributed by atoms with van der Waals surface area (Å²) >= 11 is 1.14. The number of nitrogens with zero attached hydrogens (tertiary/aromatic N) is 3. The van der Waals surface area contributed by atoms with Gasteiger partial charge in [-0.25, -0.2) is 9.59 Å². The molecule has 1 aliphatic rings. The van der Waals surface area contributed by atoms with Gasteiger partial charge in [0.1, 0.15) is 11.6 Å². The molecule has 2 N–H and O–H groups in total. The zero-order valence-electron chi connectivity index (χ0n) is 22.0. The van der Waals surface area contributed by atoms with Gasteiger partial charge in [-0.1, -0.05) is 30.0 Å².